The van der Waals surface area contributed by atoms with Crippen molar-refractivity contribution in [1.29, 1.82) is 0 Å². The Hall–Kier alpha value is -1.82. The number of aryl methyl sites for hydroxylation is 2. The fraction of sp³-hybridized carbons (Fsp3) is 0.500. The zero-order valence-corrected chi connectivity index (χ0v) is 10.7. The molecule has 0 saturated heterocycles. The molecule has 6 nitrogen and oxygen atoms in total. The lowest BCUT2D eigenvalue weighted by Crippen LogP contribution is -2.28. The van der Waals surface area contributed by atoms with Crippen LogP contribution >= 0.6 is 0 Å². The Morgan fingerprint density at radius 2 is 1.94 bits per heavy atom. The Morgan fingerprint density at radius 1 is 1.28 bits per heavy atom. The van der Waals surface area contributed by atoms with Crippen molar-refractivity contribution in [3.05, 3.63) is 22.6 Å². The smallest absolute Gasteiger partial charge is 0.329 e. The zero-order chi connectivity index (χ0) is 13.7. The standard InChI is InChI=1S/C12H17NO5/c1-7-8(2)18-9(3)11(7)12(16)13-4-5-17-6-10(14)15/h4-6H2,1-3H3,(H,13,16)(H,14,15). The summed E-state index contributed by atoms with van der Waals surface area (Å²) in [5.74, 6) is 0.0352. The first-order chi connectivity index (χ1) is 8.43. The quantitative estimate of drug-likeness (QED) is 0.741. The third-order valence-corrected chi connectivity index (χ3v) is 2.55. The van der Waals surface area contributed by atoms with Gasteiger partial charge in [0.1, 0.15) is 18.1 Å². The van der Waals surface area contributed by atoms with Crippen molar-refractivity contribution in [3.63, 3.8) is 0 Å². The number of nitrogens with one attached hydrogen (secondary N) is 1. The fourth-order valence-corrected chi connectivity index (χ4v) is 1.61. The third-order valence-electron chi connectivity index (χ3n) is 2.55. The first kappa shape index (κ1) is 14.2. The van der Waals surface area contributed by atoms with E-state index in [2.05, 4.69) is 5.32 Å². The molecular weight excluding hydrogens is 238 g/mol. The summed E-state index contributed by atoms with van der Waals surface area (Å²) >= 11 is 0. The highest BCUT2D eigenvalue weighted by molar-refractivity contribution is 5.96. The lowest BCUT2D eigenvalue weighted by atomic mass is 10.1. The van der Waals surface area contributed by atoms with Gasteiger partial charge in [0.2, 0.25) is 0 Å². The van der Waals surface area contributed by atoms with E-state index >= 15 is 0 Å². The van der Waals surface area contributed by atoms with E-state index in [1.807, 2.05) is 6.92 Å². The van der Waals surface area contributed by atoms with Crippen molar-refractivity contribution in [2.75, 3.05) is 19.8 Å². The van der Waals surface area contributed by atoms with E-state index in [9.17, 15) is 9.59 Å². The summed E-state index contributed by atoms with van der Waals surface area (Å²) in [4.78, 5) is 22.0. The van der Waals surface area contributed by atoms with Crippen LogP contribution in [0.4, 0.5) is 0 Å². The van der Waals surface area contributed by atoms with E-state index in [4.69, 9.17) is 14.3 Å². The zero-order valence-electron chi connectivity index (χ0n) is 10.7. The number of carboxylic acids is 1. The molecule has 6 heteroatoms. The van der Waals surface area contributed by atoms with Crippen LogP contribution in [0.2, 0.25) is 0 Å². The van der Waals surface area contributed by atoms with Gasteiger partial charge in [-0.2, -0.15) is 0 Å². The Bertz CT molecular complexity index is 450. The van der Waals surface area contributed by atoms with Crippen LogP contribution in [0.1, 0.15) is 27.4 Å². The van der Waals surface area contributed by atoms with Gasteiger partial charge in [0.15, 0.2) is 0 Å². The number of carboxylic acid groups (broad SMARTS) is 1. The average molecular weight is 255 g/mol. The monoisotopic (exact) mass is 255 g/mol. The molecule has 0 unspecified atom stereocenters. The van der Waals surface area contributed by atoms with E-state index in [0.717, 1.165) is 11.3 Å². The number of hydrogen-bond acceptors (Lipinski definition) is 4. The van der Waals surface area contributed by atoms with Crippen molar-refractivity contribution in [3.8, 4) is 0 Å². The third kappa shape index (κ3) is 3.59. The summed E-state index contributed by atoms with van der Waals surface area (Å²) < 4.78 is 10.2. The first-order valence-electron chi connectivity index (χ1n) is 5.57. The highest BCUT2D eigenvalue weighted by atomic mass is 16.5. The van der Waals surface area contributed by atoms with Crippen LogP contribution in [0.3, 0.4) is 0 Å². The van der Waals surface area contributed by atoms with Gasteiger partial charge in [-0.05, 0) is 20.8 Å². The first-order valence-corrected chi connectivity index (χ1v) is 5.57. The maximum Gasteiger partial charge on any atom is 0.329 e. The van der Waals surface area contributed by atoms with Crippen molar-refractivity contribution in [2.45, 2.75) is 20.8 Å². The predicted octanol–water partition coefficient (Wildman–Crippen LogP) is 1.04. The molecule has 0 aliphatic rings. The molecule has 0 fully saturated rings. The number of carbonyl (C=O) groups excluding carboxylic acids is 1. The second-order valence-corrected chi connectivity index (χ2v) is 3.92. The number of amides is 1. The molecule has 1 rings (SSSR count). The van der Waals surface area contributed by atoms with E-state index in [1.165, 1.54) is 0 Å². The maximum absolute atomic E-state index is 11.9. The summed E-state index contributed by atoms with van der Waals surface area (Å²) in [7, 11) is 0. The summed E-state index contributed by atoms with van der Waals surface area (Å²) in [6, 6.07) is 0. The Morgan fingerprint density at radius 3 is 2.44 bits per heavy atom. The molecule has 0 spiro atoms. The molecule has 18 heavy (non-hydrogen) atoms. The van der Waals surface area contributed by atoms with E-state index in [-0.39, 0.29) is 25.7 Å². The number of rotatable bonds is 6. The largest absolute Gasteiger partial charge is 0.480 e. The molecule has 0 aromatic carbocycles. The molecule has 1 aromatic heterocycles. The van der Waals surface area contributed by atoms with Gasteiger partial charge in [-0.25, -0.2) is 4.79 Å². The van der Waals surface area contributed by atoms with Gasteiger partial charge in [0.25, 0.3) is 5.91 Å². The molecule has 0 aliphatic carbocycles. The lowest BCUT2D eigenvalue weighted by Gasteiger charge is -2.05. The van der Waals surface area contributed by atoms with Crippen LogP contribution in [0.5, 0.6) is 0 Å². The summed E-state index contributed by atoms with van der Waals surface area (Å²) in [5, 5.41) is 11.0. The Balaban J connectivity index is 2.44. The van der Waals surface area contributed by atoms with Gasteiger partial charge < -0.3 is 19.6 Å². The van der Waals surface area contributed by atoms with Crippen molar-refractivity contribution < 1.29 is 23.8 Å². The molecule has 0 radical (unpaired) electrons. The molecule has 100 valence electrons. The lowest BCUT2D eigenvalue weighted by molar-refractivity contribution is -0.142. The number of carbonyl (C=O) groups is 2. The van der Waals surface area contributed by atoms with Crippen LogP contribution in [0.25, 0.3) is 0 Å². The molecule has 2 N–H and O–H groups in total. The summed E-state index contributed by atoms with van der Waals surface area (Å²) in [6.45, 7) is 5.41. The number of aliphatic carboxylic acids is 1. The van der Waals surface area contributed by atoms with Crippen LogP contribution < -0.4 is 5.32 Å². The molecule has 1 amide bonds. The van der Waals surface area contributed by atoms with Crippen LogP contribution in [0.15, 0.2) is 4.42 Å². The number of furan rings is 1. The SMILES string of the molecule is Cc1oc(C)c(C(=O)NCCOCC(=O)O)c1C. The van der Waals surface area contributed by atoms with Crippen molar-refractivity contribution >= 4 is 11.9 Å². The van der Waals surface area contributed by atoms with Crippen molar-refractivity contribution in [1.82, 2.24) is 5.32 Å². The van der Waals surface area contributed by atoms with Crippen LogP contribution in [0, 0.1) is 20.8 Å². The predicted molar refractivity (Wildman–Crippen MR) is 63.7 cm³/mol. The molecule has 0 aliphatic heterocycles. The maximum atomic E-state index is 11.9. The second kappa shape index (κ2) is 6.20. The normalized spacial score (nSPS) is 10.4. The Kier molecular flexibility index (Phi) is 4.91. The topological polar surface area (TPSA) is 88.8 Å². The molecule has 1 aromatic rings. The minimum absolute atomic E-state index is 0.160. The van der Waals surface area contributed by atoms with Crippen LogP contribution in [-0.4, -0.2) is 36.7 Å². The highest BCUT2D eigenvalue weighted by Crippen LogP contribution is 2.20. The van der Waals surface area contributed by atoms with Gasteiger partial charge in [0, 0.05) is 12.1 Å². The van der Waals surface area contributed by atoms with Gasteiger partial charge in [-0.3, -0.25) is 4.79 Å². The van der Waals surface area contributed by atoms with Gasteiger partial charge >= 0.3 is 5.97 Å². The van der Waals surface area contributed by atoms with E-state index < -0.39 is 5.97 Å². The number of ether oxygens (including phenoxy) is 1. The number of hydrogen-bond donors (Lipinski definition) is 2. The highest BCUT2D eigenvalue weighted by Gasteiger charge is 2.17. The van der Waals surface area contributed by atoms with E-state index in [1.54, 1.807) is 13.8 Å². The fourth-order valence-electron chi connectivity index (χ4n) is 1.61. The second-order valence-electron chi connectivity index (χ2n) is 3.92. The molecule has 0 saturated carbocycles. The van der Waals surface area contributed by atoms with Crippen molar-refractivity contribution in [2.24, 2.45) is 0 Å². The summed E-state index contributed by atoms with van der Waals surface area (Å²) in [6.07, 6.45) is 0. The molecular formula is C12H17NO5. The average Bonchev–Trinajstić information content (AvgIpc) is 2.52. The minimum Gasteiger partial charge on any atom is -0.480 e. The van der Waals surface area contributed by atoms with Gasteiger partial charge in [-0.1, -0.05) is 0 Å². The molecule has 0 atom stereocenters. The van der Waals surface area contributed by atoms with Gasteiger partial charge in [-0.15, -0.1) is 0 Å². The summed E-state index contributed by atoms with van der Waals surface area (Å²) in [5.41, 5.74) is 1.35. The minimum atomic E-state index is -1.03. The molecule has 1 heterocycles. The van der Waals surface area contributed by atoms with Gasteiger partial charge in [0.05, 0.1) is 12.2 Å². The Labute approximate surface area is 105 Å². The van der Waals surface area contributed by atoms with Crippen LogP contribution in [-0.2, 0) is 9.53 Å². The molecule has 0 bridgehead atoms. The van der Waals surface area contributed by atoms with E-state index in [0.29, 0.717) is 11.3 Å².